The zero-order valence-electron chi connectivity index (χ0n) is 13.7. The van der Waals surface area contributed by atoms with E-state index in [-0.39, 0.29) is 11.7 Å². The van der Waals surface area contributed by atoms with E-state index in [1.807, 2.05) is 37.3 Å². The Morgan fingerprint density at radius 3 is 2.67 bits per heavy atom. The topological polar surface area (TPSA) is 66.5 Å². The highest BCUT2D eigenvalue weighted by molar-refractivity contribution is 7.91. The van der Waals surface area contributed by atoms with E-state index in [0.29, 0.717) is 12.2 Å². The number of carbonyl (C=O) groups is 1. The normalized spacial score (nSPS) is 13.7. The number of nitrogens with zero attached hydrogens (tertiary/aromatic N) is 1. The molecule has 1 amide bonds. The fraction of sp³-hybridized carbons (Fsp3) is 0.278. The van der Waals surface area contributed by atoms with Gasteiger partial charge in [-0.1, -0.05) is 30.3 Å². The van der Waals surface area contributed by atoms with Gasteiger partial charge in [0, 0.05) is 19.2 Å². The molecular formula is C18H20N2O3S. The van der Waals surface area contributed by atoms with Gasteiger partial charge in [-0.2, -0.15) is 0 Å². The third-order valence-electron chi connectivity index (χ3n) is 4.24. The molecular weight excluding hydrogens is 324 g/mol. The van der Waals surface area contributed by atoms with Crippen molar-refractivity contribution >= 4 is 27.3 Å². The maximum atomic E-state index is 12.4. The number of amides is 1. The molecule has 24 heavy (non-hydrogen) atoms. The predicted octanol–water partition coefficient (Wildman–Crippen LogP) is 2.85. The van der Waals surface area contributed by atoms with Crippen LogP contribution >= 0.6 is 0 Å². The van der Waals surface area contributed by atoms with E-state index in [4.69, 9.17) is 0 Å². The lowest BCUT2D eigenvalue weighted by molar-refractivity contribution is -0.116. The summed E-state index contributed by atoms with van der Waals surface area (Å²) in [4.78, 5) is 13.3. The van der Waals surface area contributed by atoms with E-state index >= 15 is 0 Å². The number of fused-ring (bicyclic) bond motifs is 1. The summed E-state index contributed by atoms with van der Waals surface area (Å²) in [5.41, 5.74) is 4.05. The highest BCUT2D eigenvalue weighted by Gasteiger charge is 2.23. The van der Waals surface area contributed by atoms with E-state index in [2.05, 4.69) is 4.72 Å². The number of anilines is 2. The van der Waals surface area contributed by atoms with Gasteiger partial charge in [-0.25, -0.2) is 8.42 Å². The molecule has 0 saturated carbocycles. The molecule has 0 unspecified atom stereocenters. The zero-order valence-corrected chi connectivity index (χ0v) is 14.6. The molecule has 2 aromatic rings. The lowest BCUT2D eigenvalue weighted by Crippen LogP contribution is -2.25. The second kappa shape index (κ2) is 6.28. The summed E-state index contributed by atoms with van der Waals surface area (Å²) in [5, 5.41) is 0. The summed E-state index contributed by atoms with van der Waals surface area (Å²) in [6.07, 6.45) is 0.797. The first-order valence-electron chi connectivity index (χ1n) is 7.82. The molecule has 0 radical (unpaired) electrons. The quantitative estimate of drug-likeness (QED) is 0.927. The molecule has 1 aliphatic rings. The third kappa shape index (κ3) is 3.43. The molecule has 3 rings (SSSR count). The van der Waals surface area contributed by atoms with Crippen LogP contribution in [0.1, 0.15) is 23.6 Å². The Bertz CT molecular complexity index is 891. The molecule has 0 aromatic heterocycles. The molecule has 0 fully saturated rings. The molecule has 1 N–H and O–H groups in total. The van der Waals surface area contributed by atoms with Gasteiger partial charge in [-0.05, 0) is 42.2 Å². The van der Waals surface area contributed by atoms with Crippen molar-refractivity contribution in [1.29, 1.82) is 0 Å². The van der Waals surface area contributed by atoms with Crippen LogP contribution in [0.25, 0.3) is 0 Å². The molecule has 5 nitrogen and oxygen atoms in total. The van der Waals surface area contributed by atoms with Crippen LogP contribution in [0.5, 0.6) is 0 Å². The van der Waals surface area contributed by atoms with Gasteiger partial charge < -0.3 is 4.90 Å². The smallest absolute Gasteiger partial charge is 0.236 e. The van der Waals surface area contributed by atoms with Crippen LogP contribution in [0.3, 0.4) is 0 Å². The first kappa shape index (κ1) is 16.5. The third-order valence-corrected chi connectivity index (χ3v) is 5.48. The van der Waals surface area contributed by atoms with Crippen molar-refractivity contribution in [3.8, 4) is 0 Å². The minimum Gasteiger partial charge on any atom is -0.312 e. The van der Waals surface area contributed by atoms with Gasteiger partial charge in [-0.15, -0.1) is 0 Å². The number of rotatable bonds is 4. The Kier molecular flexibility index (Phi) is 4.32. The number of sulfonamides is 1. The van der Waals surface area contributed by atoms with Crippen molar-refractivity contribution < 1.29 is 13.2 Å². The Morgan fingerprint density at radius 2 is 1.96 bits per heavy atom. The van der Waals surface area contributed by atoms with Crippen LogP contribution in [0, 0.1) is 6.92 Å². The van der Waals surface area contributed by atoms with Gasteiger partial charge in [0.1, 0.15) is 0 Å². The molecule has 126 valence electrons. The molecule has 1 aliphatic heterocycles. The number of nitrogens with one attached hydrogen (secondary N) is 1. The number of hydrogen-bond donors (Lipinski definition) is 1. The van der Waals surface area contributed by atoms with Crippen LogP contribution in [-0.4, -0.2) is 20.9 Å². The van der Waals surface area contributed by atoms with Crippen molar-refractivity contribution in [2.24, 2.45) is 0 Å². The van der Waals surface area contributed by atoms with Gasteiger partial charge >= 0.3 is 0 Å². The van der Waals surface area contributed by atoms with Crippen molar-refractivity contribution in [1.82, 2.24) is 0 Å². The zero-order chi connectivity index (χ0) is 17.3. The van der Waals surface area contributed by atoms with E-state index in [1.54, 1.807) is 17.0 Å². The van der Waals surface area contributed by atoms with E-state index in [1.165, 1.54) is 6.92 Å². The van der Waals surface area contributed by atoms with E-state index < -0.39 is 10.0 Å². The van der Waals surface area contributed by atoms with Gasteiger partial charge in [0.25, 0.3) is 0 Å². The Balaban J connectivity index is 1.82. The Labute approximate surface area is 142 Å². The van der Waals surface area contributed by atoms with Crippen molar-refractivity contribution in [3.63, 3.8) is 0 Å². The van der Waals surface area contributed by atoms with Crippen LogP contribution in [-0.2, 0) is 27.0 Å². The SMILES string of the molecule is CC(=O)N1CCc2ccc(NS(=O)(=O)Cc3ccccc3C)cc21. The predicted molar refractivity (Wildman–Crippen MR) is 95.6 cm³/mol. The first-order chi connectivity index (χ1) is 11.4. The first-order valence-corrected chi connectivity index (χ1v) is 9.47. The second-order valence-electron chi connectivity index (χ2n) is 6.05. The maximum absolute atomic E-state index is 12.4. The Hall–Kier alpha value is -2.34. The maximum Gasteiger partial charge on any atom is 0.236 e. The molecule has 0 bridgehead atoms. The summed E-state index contributed by atoms with van der Waals surface area (Å²) in [6, 6.07) is 12.8. The highest BCUT2D eigenvalue weighted by Crippen LogP contribution is 2.31. The van der Waals surface area contributed by atoms with Crippen LogP contribution < -0.4 is 9.62 Å². The molecule has 0 atom stereocenters. The summed E-state index contributed by atoms with van der Waals surface area (Å²) in [6.45, 7) is 4.05. The van der Waals surface area contributed by atoms with E-state index in [9.17, 15) is 13.2 Å². The van der Waals surface area contributed by atoms with Crippen LogP contribution in [0.2, 0.25) is 0 Å². The standard InChI is InChI=1S/C18H20N2O3S/c1-13-5-3-4-6-16(13)12-24(22,23)19-17-8-7-15-9-10-20(14(2)21)18(15)11-17/h3-8,11,19H,9-10,12H2,1-2H3. The van der Waals surface area contributed by atoms with Crippen molar-refractivity contribution in [2.75, 3.05) is 16.2 Å². The summed E-state index contributed by atoms with van der Waals surface area (Å²) >= 11 is 0. The fourth-order valence-electron chi connectivity index (χ4n) is 2.96. The van der Waals surface area contributed by atoms with Gasteiger partial charge in [-0.3, -0.25) is 9.52 Å². The number of aryl methyl sites for hydroxylation is 1. The fourth-order valence-corrected chi connectivity index (χ4v) is 4.25. The molecule has 1 heterocycles. The average molecular weight is 344 g/mol. The second-order valence-corrected chi connectivity index (χ2v) is 7.77. The Morgan fingerprint density at radius 1 is 1.21 bits per heavy atom. The van der Waals surface area contributed by atoms with Crippen LogP contribution in [0.4, 0.5) is 11.4 Å². The monoisotopic (exact) mass is 344 g/mol. The number of carbonyl (C=O) groups excluding carboxylic acids is 1. The van der Waals surface area contributed by atoms with Gasteiger partial charge in [0.2, 0.25) is 15.9 Å². The van der Waals surface area contributed by atoms with E-state index in [0.717, 1.165) is 28.8 Å². The molecule has 0 spiro atoms. The lowest BCUT2D eigenvalue weighted by atomic mass is 10.1. The molecule has 0 saturated heterocycles. The molecule has 0 aliphatic carbocycles. The van der Waals surface area contributed by atoms with Crippen molar-refractivity contribution in [2.45, 2.75) is 26.0 Å². The van der Waals surface area contributed by atoms with Gasteiger partial charge in [0.05, 0.1) is 11.4 Å². The largest absolute Gasteiger partial charge is 0.312 e. The van der Waals surface area contributed by atoms with Crippen molar-refractivity contribution in [3.05, 3.63) is 59.2 Å². The summed E-state index contributed by atoms with van der Waals surface area (Å²) < 4.78 is 27.5. The number of benzene rings is 2. The minimum absolute atomic E-state index is 0.0336. The molecule has 6 heteroatoms. The van der Waals surface area contributed by atoms with Crippen LogP contribution in [0.15, 0.2) is 42.5 Å². The molecule has 2 aromatic carbocycles. The van der Waals surface area contributed by atoms with Gasteiger partial charge in [0.15, 0.2) is 0 Å². The lowest BCUT2D eigenvalue weighted by Gasteiger charge is -2.16. The highest BCUT2D eigenvalue weighted by atomic mass is 32.2. The average Bonchev–Trinajstić information content (AvgIpc) is 2.92. The minimum atomic E-state index is -3.52. The summed E-state index contributed by atoms with van der Waals surface area (Å²) in [7, 11) is -3.52. The summed E-state index contributed by atoms with van der Waals surface area (Å²) in [5.74, 6) is -0.110. The number of hydrogen-bond acceptors (Lipinski definition) is 3.